The van der Waals surface area contributed by atoms with Gasteiger partial charge in [0.1, 0.15) is 0 Å². The molecule has 0 atom stereocenters. The van der Waals surface area contributed by atoms with Crippen molar-refractivity contribution in [2.75, 3.05) is 31.1 Å². The first-order chi connectivity index (χ1) is 14.2. The van der Waals surface area contributed by atoms with E-state index in [4.69, 9.17) is 5.73 Å². The predicted molar refractivity (Wildman–Crippen MR) is 121 cm³/mol. The Morgan fingerprint density at radius 1 is 1.00 bits per heavy atom. The minimum absolute atomic E-state index is 0.226. The minimum atomic E-state index is 0.226. The van der Waals surface area contributed by atoms with Gasteiger partial charge in [0.05, 0.1) is 0 Å². The van der Waals surface area contributed by atoms with Crippen LogP contribution in [0.25, 0.3) is 0 Å². The number of carbonyl (C=O) groups excluding carboxylic acids is 1. The molecule has 1 fully saturated rings. The zero-order valence-corrected chi connectivity index (χ0v) is 17.7. The molecule has 4 heteroatoms. The Morgan fingerprint density at radius 3 is 2.21 bits per heavy atom. The van der Waals surface area contributed by atoms with E-state index < -0.39 is 0 Å². The molecular weight excluding hydrogens is 358 g/mol. The molecule has 0 saturated carbocycles. The second-order valence-corrected chi connectivity index (χ2v) is 7.98. The van der Waals surface area contributed by atoms with E-state index in [0.717, 1.165) is 64.0 Å². The number of likely N-dealkylation sites (tertiary alicyclic amines) is 1. The molecule has 29 heavy (non-hydrogen) atoms. The van der Waals surface area contributed by atoms with E-state index in [-0.39, 0.29) is 5.91 Å². The topological polar surface area (TPSA) is 49.6 Å². The number of nitrogens with two attached hydrogens (primary N) is 1. The van der Waals surface area contributed by atoms with E-state index in [9.17, 15) is 4.79 Å². The van der Waals surface area contributed by atoms with Crippen LogP contribution in [0, 0.1) is 0 Å². The lowest BCUT2D eigenvalue weighted by molar-refractivity contribution is -0.119. The number of carbonyl (C=O) groups is 1. The molecule has 1 aliphatic heterocycles. The average Bonchev–Trinajstić information content (AvgIpc) is 2.78. The normalized spacial score (nSPS) is 15.4. The van der Waals surface area contributed by atoms with E-state index in [1.807, 2.05) is 30.0 Å². The largest absolute Gasteiger partial charge is 0.330 e. The summed E-state index contributed by atoms with van der Waals surface area (Å²) in [5.41, 5.74) is 9.41. The molecule has 0 aliphatic carbocycles. The Labute approximate surface area is 175 Å². The maximum Gasteiger partial charge on any atom is 0.226 e. The molecule has 0 bridgehead atoms. The number of rotatable bonds is 9. The molecule has 0 unspecified atom stereocenters. The summed E-state index contributed by atoms with van der Waals surface area (Å²) in [7, 11) is 0. The Morgan fingerprint density at radius 2 is 1.62 bits per heavy atom. The summed E-state index contributed by atoms with van der Waals surface area (Å²) in [6.07, 6.45) is 5.83. The van der Waals surface area contributed by atoms with Crippen molar-refractivity contribution in [1.29, 1.82) is 0 Å². The molecule has 4 nitrogen and oxygen atoms in total. The molecule has 1 aliphatic rings. The van der Waals surface area contributed by atoms with Crippen molar-refractivity contribution in [3.05, 3.63) is 65.7 Å². The first-order valence-corrected chi connectivity index (χ1v) is 11.1. The molecular formula is C25H35N3O. The fraction of sp³-hybridized carbons (Fsp3) is 0.480. The molecule has 0 radical (unpaired) electrons. The van der Waals surface area contributed by atoms with Crippen LogP contribution in [0.4, 0.5) is 5.69 Å². The van der Waals surface area contributed by atoms with E-state index >= 15 is 0 Å². The van der Waals surface area contributed by atoms with Gasteiger partial charge in [-0.15, -0.1) is 0 Å². The van der Waals surface area contributed by atoms with Crippen molar-refractivity contribution in [2.45, 2.75) is 51.5 Å². The number of amides is 1. The van der Waals surface area contributed by atoms with Crippen LogP contribution in [0.2, 0.25) is 0 Å². The molecule has 1 heterocycles. The van der Waals surface area contributed by atoms with Crippen molar-refractivity contribution >= 4 is 11.6 Å². The number of hydrogen-bond donors (Lipinski definition) is 1. The monoisotopic (exact) mass is 393 g/mol. The van der Waals surface area contributed by atoms with Crippen molar-refractivity contribution in [2.24, 2.45) is 5.73 Å². The van der Waals surface area contributed by atoms with Gasteiger partial charge in [-0.1, -0.05) is 49.4 Å². The molecule has 2 aromatic carbocycles. The zero-order valence-electron chi connectivity index (χ0n) is 17.7. The van der Waals surface area contributed by atoms with Gasteiger partial charge in [0.15, 0.2) is 0 Å². The summed E-state index contributed by atoms with van der Waals surface area (Å²) < 4.78 is 0. The van der Waals surface area contributed by atoms with Crippen LogP contribution in [0.5, 0.6) is 0 Å². The number of piperidine rings is 1. The summed E-state index contributed by atoms with van der Waals surface area (Å²) in [4.78, 5) is 17.2. The van der Waals surface area contributed by atoms with Crippen LogP contribution in [0.1, 0.15) is 43.7 Å². The second kappa shape index (κ2) is 11.1. The third-order valence-corrected chi connectivity index (χ3v) is 5.94. The van der Waals surface area contributed by atoms with Crippen LogP contribution < -0.4 is 10.6 Å². The van der Waals surface area contributed by atoms with Crippen LogP contribution in [0.15, 0.2) is 54.6 Å². The zero-order chi connectivity index (χ0) is 20.5. The molecule has 0 aromatic heterocycles. The Balaban J connectivity index is 1.50. The SMILES string of the molecule is CCC(=O)N(c1ccccc1)C1CCN(CCc2ccc(CCCN)cc2)CC1. The highest BCUT2D eigenvalue weighted by Crippen LogP contribution is 2.24. The molecule has 2 N–H and O–H groups in total. The third kappa shape index (κ3) is 6.15. The molecule has 156 valence electrons. The van der Waals surface area contributed by atoms with E-state index in [2.05, 4.69) is 41.3 Å². The Bertz CT molecular complexity index is 736. The summed E-state index contributed by atoms with van der Waals surface area (Å²) in [5, 5.41) is 0. The maximum absolute atomic E-state index is 12.6. The first-order valence-electron chi connectivity index (χ1n) is 11.1. The molecule has 3 rings (SSSR count). The number of anilines is 1. The highest BCUT2D eigenvalue weighted by atomic mass is 16.2. The minimum Gasteiger partial charge on any atom is -0.330 e. The van der Waals surface area contributed by atoms with Crippen LogP contribution in [-0.2, 0) is 17.6 Å². The van der Waals surface area contributed by atoms with Gasteiger partial charge in [-0.3, -0.25) is 4.79 Å². The molecule has 1 saturated heterocycles. The number of para-hydroxylation sites is 1. The van der Waals surface area contributed by atoms with Crippen LogP contribution in [0.3, 0.4) is 0 Å². The number of nitrogens with zero attached hydrogens (tertiary/aromatic N) is 2. The second-order valence-electron chi connectivity index (χ2n) is 7.98. The highest BCUT2D eigenvalue weighted by molar-refractivity contribution is 5.93. The first kappa shape index (κ1) is 21.5. The average molecular weight is 394 g/mol. The summed E-state index contributed by atoms with van der Waals surface area (Å²) in [6.45, 7) is 5.90. The fourth-order valence-corrected chi connectivity index (χ4v) is 4.18. The van der Waals surface area contributed by atoms with Gasteiger partial charge in [-0.25, -0.2) is 0 Å². The summed E-state index contributed by atoms with van der Waals surface area (Å²) >= 11 is 0. The van der Waals surface area contributed by atoms with Gasteiger partial charge in [0, 0.05) is 37.8 Å². The number of aryl methyl sites for hydroxylation is 1. The van der Waals surface area contributed by atoms with E-state index in [1.165, 1.54) is 11.1 Å². The van der Waals surface area contributed by atoms with Gasteiger partial charge in [0.25, 0.3) is 0 Å². The quantitative estimate of drug-likeness (QED) is 0.700. The molecule has 1 amide bonds. The van der Waals surface area contributed by atoms with Gasteiger partial charge in [0.2, 0.25) is 5.91 Å². The van der Waals surface area contributed by atoms with Gasteiger partial charge in [-0.2, -0.15) is 0 Å². The molecule has 2 aromatic rings. The fourth-order valence-electron chi connectivity index (χ4n) is 4.18. The van der Waals surface area contributed by atoms with Gasteiger partial charge >= 0.3 is 0 Å². The van der Waals surface area contributed by atoms with Crippen LogP contribution in [-0.4, -0.2) is 43.0 Å². The summed E-state index contributed by atoms with van der Waals surface area (Å²) in [5.74, 6) is 0.226. The standard InChI is InChI=1S/C25H35N3O/c1-2-25(29)28(23-8-4-3-5-9-23)24-15-19-27(20-16-24)18-14-22-12-10-21(11-13-22)7-6-17-26/h3-5,8-13,24H,2,6-7,14-20,26H2,1H3. The lowest BCUT2D eigenvalue weighted by atomic mass is 10.0. The van der Waals surface area contributed by atoms with Crippen molar-refractivity contribution in [3.8, 4) is 0 Å². The third-order valence-electron chi connectivity index (χ3n) is 5.94. The van der Waals surface area contributed by atoms with E-state index in [0.29, 0.717) is 12.5 Å². The Kier molecular flexibility index (Phi) is 8.26. The molecule has 0 spiro atoms. The maximum atomic E-state index is 12.6. The van der Waals surface area contributed by atoms with E-state index in [1.54, 1.807) is 0 Å². The van der Waals surface area contributed by atoms with Crippen molar-refractivity contribution in [3.63, 3.8) is 0 Å². The number of hydrogen-bond acceptors (Lipinski definition) is 3. The van der Waals surface area contributed by atoms with Gasteiger partial charge in [-0.05, 0) is 61.9 Å². The lowest BCUT2D eigenvalue weighted by Crippen LogP contribution is -2.47. The van der Waals surface area contributed by atoms with Crippen molar-refractivity contribution < 1.29 is 4.79 Å². The lowest BCUT2D eigenvalue weighted by Gasteiger charge is -2.38. The van der Waals surface area contributed by atoms with Crippen molar-refractivity contribution in [1.82, 2.24) is 4.90 Å². The number of benzene rings is 2. The van der Waals surface area contributed by atoms with Crippen LogP contribution >= 0.6 is 0 Å². The Hall–Kier alpha value is -2.17. The summed E-state index contributed by atoms with van der Waals surface area (Å²) in [6, 6.07) is 19.5. The van der Waals surface area contributed by atoms with Gasteiger partial charge < -0.3 is 15.5 Å². The highest BCUT2D eigenvalue weighted by Gasteiger charge is 2.28. The smallest absolute Gasteiger partial charge is 0.226 e. The predicted octanol–water partition coefficient (Wildman–Crippen LogP) is 4.03.